The standard InChI is InChI=1S/C20H24N2O5S/c1-4-25-15-10-12(11-16(26-5-2)17(15)27-6-3)19(24)22-20-21-13-8-7-9-14(23)18(13)28-20/h10-11H,4-9H2,1-3H3,(H,21,22,24). The molecule has 3 rings (SSSR count). The van der Waals surface area contributed by atoms with Crippen molar-refractivity contribution in [3.8, 4) is 17.2 Å². The highest BCUT2D eigenvalue weighted by molar-refractivity contribution is 7.17. The van der Waals surface area contributed by atoms with Crippen LogP contribution >= 0.6 is 11.3 Å². The summed E-state index contributed by atoms with van der Waals surface area (Å²) in [5.41, 5.74) is 1.14. The maximum Gasteiger partial charge on any atom is 0.257 e. The van der Waals surface area contributed by atoms with E-state index in [0.717, 1.165) is 18.5 Å². The van der Waals surface area contributed by atoms with Gasteiger partial charge in [-0.3, -0.25) is 14.9 Å². The van der Waals surface area contributed by atoms with Gasteiger partial charge >= 0.3 is 0 Å². The van der Waals surface area contributed by atoms with Crippen molar-refractivity contribution in [2.45, 2.75) is 40.0 Å². The van der Waals surface area contributed by atoms with Crippen molar-refractivity contribution < 1.29 is 23.8 Å². The van der Waals surface area contributed by atoms with Crippen LogP contribution in [0.1, 0.15) is 59.3 Å². The van der Waals surface area contributed by atoms with Gasteiger partial charge in [0.25, 0.3) is 5.91 Å². The zero-order chi connectivity index (χ0) is 20.1. The molecular weight excluding hydrogens is 380 g/mol. The Kier molecular flexibility index (Phi) is 6.51. The summed E-state index contributed by atoms with van der Waals surface area (Å²) in [6.07, 6.45) is 2.10. The Morgan fingerprint density at radius 2 is 1.71 bits per heavy atom. The molecule has 1 aromatic heterocycles. The van der Waals surface area contributed by atoms with E-state index in [1.54, 1.807) is 12.1 Å². The minimum atomic E-state index is -0.344. The highest BCUT2D eigenvalue weighted by Gasteiger charge is 2.24. The zero-order valence-corrected chi connectivity index (χ0v) is 17.1. The fourth-order valence-corrected chi connectivity index (χ4v) is 3.99. The van der Waals surface area contributed by atoms with Crippen LogP contribution in [0.2, 0.25) is 0 Å². The lowest BCUT2D eigenvalue weighted by Crippen LogP contribution is -2.13. The number of aryl methyl sites for hydroxylation is 1. The number of Topliss-reactive ketones (excluding diaryl/α,β-unsaturated/α-hetero) is 1. The summed E-state index contributed by atoms with van der Waals surface area (Å²) in [7, 11) is 0. The van der Waals surface area contributed by atoms with E-state index in [2.05, 4.69) is 10.3 Å². The second kappa shape index (κ2) is 9.05. The van der Waals surface area contributed by atoms with Gasteiger partial charge in [0.15, 0.2) is 22.4 Å². The van der Waals surface area contributed by atoms with E-state index in [-0.39, 0.29) is 11.7 Å². The molecule has 150 valence electrons. The lowest BCUT2D eigenvalue weighted by atomic mass is 10.0. The predicted molar refractivity (Wildman–Crippen MR) is 107 cm³/mol. The van der Waals surface area contributed by atoms with Crippen LogP contribution in [0, 0.1) is 0 Å². The number of carbonyl (C=O) groups excluding carboxylic acids is 2. The predicted octanol–water partition coefficient (Wildman–Crippen LogP) is 4.11. The van der Waals surface area contributed by atoms with Gasteiger partial charge in [-0.2, -0.15) is 0 Å². The molecule has 28 heavy (non-hydrogen) atoms. The number of carbonyl (C=O) groups is 2. The van der Waals surface area contributed by atoms with E-state index >= 15 is 0 Å². The van der Waals surface area contributed by atoms with E-state index in [1.807, 2.05) is 20.8 Å². The lowest BCUT2D eigenvalue weighted by molar-refractivity contribution is 0.0975. The lowest BCUT2D eigenvalue weighted by Gasteiger charge is -2.16. The highest BCUT2D eigenvalue weighted by Crippen LogP contribution is 2.39. The third-order valence-corrected chi connectivity index (χ3v) is 5.21. The Bertz CT molecular complexity index is 850. The van der Waals surface area contributed by atoms with Crippen LogP contribution in [-0.2, 0) is 6.42 Å². The number of nitrogens with one attached hydrogen (secondary N) is 1. The van der Waals surface area contributed by atoms with E-state index in [1.165, 1.54) is 11.3 Å². The molecule has 1 amide bonds. The van der Waals surface area contributed by atoms with Gasteiger partial charge in [0.05, 0.1) is 30.4 Å². The summed E-state index contributed by atoms with van der Waals surface area (Å²) < 4.78 is 17.0. The Hall–Kier alpha value is -2.61. The van der Waals surface area contributed by atoms with E-state index < -0.39 is 0 Å². The average Bonchev–Trinajstić information content (AvgIpc) is 3.08. The summed E-state index contributed by atoms with van der Waals surface area (Å²) in [6.45, 7) is 6.90. The van der Waals surface area contributed by atoms with Gasteiger partial charge < -0.3 is 14.2 Å². The molecule has 2 aromatic rings. The molecule has 1 aromatic carbocycles. The van der Waals surface area contributed by atoms with Crippen LogP contribution in [0.15, 0.2) is 12.1 Å². The van der Waals surface area contributed by atoms with Gasteiger partial charge in [-0.15, -0.1) is 0 Å². The minimum Gasteiger partial charge on any atom is -0.490 e. The molecule has 1 aliphatic rings. The molecule has 0 radical (unpaired) electrons. The highest BCUT2D eigenvalue weighted by atomic mass is 32.1. The Balaban J connectivity index is 1.89. The van der Waals surface area contributed by atoms with Gasteiger partial charge in [-0.1, -0.05) is 11.3 Å². The monoisotopic (exact) mass is 404 g/mol. The number of benzene rings is 1. The maximum absolute atomic E-state index is 12.8. The number of nitrogens with zero attached hydrogens (tertiary/aromatic N) is 1. The average molecular weight is 404 g/mol. The van der Waals surface area contributed by atoms with Crippen molar-refractivity contribution >= 4 is 28.2 Å². The third kappa shape index (κ3) is 4.27. The summed E-state index contributed by atoms with van der Waals surface area (Å²) >= 11 is 1.23. The molecule has 0 saturated heterocycles. The van der Waals surface area contributed by atoms with Crippen LogP contribution < -0.4 is 19.5 Å². The Morgan fingerprint density at radius 1 is 1.07 bits per heavy atom. The molecule has 0 spiro atoms. The molecule has 0 bridgehead atoms. The van der Waals surface area contributed by atoms with Gasteiger partial charge in [-0.25, -0.2) is 4.98 Å². The first kappa shape index (κ1) is 20.1. The van der Waals surface area contributed by atoms with Gasteiger partial charge in [0.1, 0.15) is 0 Å². The van der Waals surface area contributed by atoms with E-state index in [9.17, 15) is 9.59 Å². The van der Waals surface area contributed by atoms with E-state index in [4.69, 9.17) is 14.2 Å². The van der Waals surface area contributed by atoms with Crippen molar-refractivity contribution in [1.82, 2.24) is 4.98 Å². The number of thiazole rings is 1. The third-order valence-electron chi connectivity index (χ3n) is 4.16. The van der Waals surface area contributed by atoms with Crippen molar-refractivity contribution in [3.05, 3.63) is 28.3 Å². The number of aromatic nitrogens is 1. The SMILES string of the molecule is CCOc1cc(C(=O)Nc2nc3c(s2)C(=O)CCC3)cc(OCC)c1OCC. The normalized spacial score (nSPS) is 13.0. The number of anilines is 1. The summed E-state index contributed by atoms with van der Waals surface area (Å²) in [4.78, 5) is 29.9. The summed E-state index contributed by atoms with van der Waals surface area (Å²) in [5, 5.41) is 3.22. The van der Waals surface area contributed by atoms with Gasteiger partial charge in [-0.05, 0) is 45.7 Å². The topological polar surface area (TPSA) is 86.8 Å². The van der Waals surface area contributed by atoms with Crippen LogP contribution in [0.5, 0.6) is 17.2 Å². The quantitative estimate of drug-likeness (QED) is 0.712. The first-order valence-corrected chi connectivity index (χ1v) is 10.3. The van der Waals surface area contributed by atoms with Crippen molar-refractivity contribution in [2.24, 2.45) is 0 Å². The molecule has 0 saturated carbocycles. The smallest absolute Gasteiger partial charge is 0.257 e. The Labute approximate surface area is 168 Å². The number of fused-ring (bicyclic) bond motifs is 1. The molecular formula is C20H24N2O5S. The summed E-state index contributed by atoms with van der Waals surface area (Å²) in [5.74, 6) is 1.14. The van der Waals surface area contributed by atoms with Crippen molar-refractivity contribution in [2.75, 3.05) is 25.1 Å². The van der Waals surface area contributed by atoms with Crippen LogP contribution in [0.4, 0.5) is 5.13 Å². The molecule has 8 heteroatoms. The molecule has 1 aliphatic carbocycles. The second-order valence-electron chi connectivity index (χ2n) is 6.13. The molecule has 0 atom stereocenters. The number of ketones is 1. The number of amides is 1. The fraction of sp³-hybridized carbons (Fsp3) is 0.450. The molecule has 0 unspecified atom stereocenters. The van der Waals surface area contributed by atoms with E-state index in [0.29, 0.717) is 59.1 Å². The molecule has 0 aliphatic heterocycles. The zero-order valence-electron chi connectivity index (χ0n) is 16.3. The minimum absolute atomic E-state index is 0.0950. The van der Waals surface area contributed by atoms with Crippen molar-refractivity contribution in [3.63, 3.8) is 0 Å². The Morgan fingerprint density at radius 3 is 2.29 bits per heavy atom. The number of rotatable bonds is 8. The van der Waals surface area contributed by atoms with Crippen LogP contribution in [0.25, 0.3) is 0 Å². The molecule has 1 heterocycles. The fourth-order valence-electron chi connectivity index (χ4n) is 3.01. The summed E-state index contributed by atoms with van der Waals surface area (Å²) in [6, 6.07) is 3.26. The van der Waals surface area contributed by atoms with Gasteiger partial charge in [0.2, 0.25) is 5.75 Å². The second-order valence-corrected chi connectivity index (χ2v) is 7.13. The van der Waals surface area contributed by atoms with Crippen molar-refractivity contribution in [1.29, 1.82) is 0 Å². The molecule has 1 N–H and O–H groups in total. The first-order chi connectivity index (χ1) is 13.6. The van der Waals surface area contributed by atoms with Crippen LogP contribution in [-0.4, -0.2) is 36.5 Å². The number of hydrogen-bond acceptors (Lipinski definition) is 7. The largest absolute Gasteiger partial charge is 0.490 e. The maximum atomic E-state index is 12.8. The first-order valence-electron chi connectivity index (χ1n) is 9.48. The van der Waals surface area contributed by atoms with Gasteiger partial charge in [0, 0.05) is 12.0 Å². The molecule has 7 nitrogen and oxygen atoms in total. The molecule has 0 fully saturated rings. The van der Waals surface area contributed by atoms with Crippen LogP contribution in [0.3, 0.4) is 0 Å². The number of ether oxygens (including phenoxy) is 3. The number of hydrogen-bond donors (Lipinski definition) is 1.